The molecule has 0 aliphatic heterocycles. The lowest BCUT2D eigenvalue weighted by molar-refractivity contribution is -0.121. The first kappa shape index (κ1) is 16.2. The fourth-order valence-corrected chi connectivity index (χ4v) is 3.04. The predicted molar refractivity (Wildman–Crippen MR) is 93.7 cm³/mol. The van der Waals surface area contributed by atoms with Crippen LogP contribution < -0.4 is 5.32 Å². The van der Waals surface area contributed by atoms with Crippen LogP contribution in [0.25, 0.3) is 10.9 Å². The average Bonchev–Trinajstić information content (AvgIpc) is 3.13. The Kier molecular flexibility index (Phi) is 4.38. The molecule has 6 nitrogen and oxygen atoms in total. The normalized spacial score (nSPS) is 12.7. The second-order valence-corrected chi connectivity index (χ2v) is 6.43. The van der Waals surface area contributed by atoms with Crippen LogP contribution in [-0.2, 0) is 11.2 Å². The zero-order valence-corrected chi connectivity index (χ0v) is 14.5. The number of amides is 1. The summed E-state index contributed by atoms with van der Waals surface area (Å²) in [6, 6.07) is 8.11. The molecule has 1 atom stereocenters. The molecular formula is C18H23N5O. The largest absolute Gasteiger partial charge is 0.358 e. The maximum atomic E-state index is 12.5. The summed E-state index contributed by atoms with van der Waals surface area (Å²) in [5.74, 6) is 0.752. The monoisotopic (exact) mass is 325 g/mol. The Balaban J connectivity index is 1.75. The SMILES string of the molecule is Cc1[nH]c2ccccc2c1CC(=O)N[C@H](C)c1nncn1C(C)C. The van der Waals surface area contributed by atoms with E-state index in [4.69, 9.17) is 0 Å². The number of para-hydroxylation sites is 1. The third kappa shape index (κ3) is 3.04. The summed E-state index contributed by atoms with van der Waals surface area (Å²) in [5, 5.41) is 12.2. The Morgan fingerprint density at radius 1 is 1.29 bits per heavy atom. The van der Waals surface area contributed by atoms with Gasteiger partial charge in [0, 0.05) is 22.6 Å². The summed E-state index contributed by atoms with van der Waals surface area (Å²) >= 11 is 0. The fourth-order valence-electron chi connectivity index (χ4n) is 3.04. The molecule has 0 saturated carbocycles. The molecule has 3 rings (SSSR count). The van der Waals surface area contributed by atoms with Crippen LogP contribution >= 0.6 is 0 Å². The van der Waals surface area contributed by atoms with Crippen molar-refractivity contribution in [2.45, 2.75) is 46.2 Å². The first-order chi connectivity index (χ1) is 11.5. The van der Waals surface area contributed by atoms with E-state index < -0.39 is 0 Å². The minimum atomic E-state index is -0.187. The maximum absolute atomic E-state index is 12.5. The Morgan fingerprint density at radius 2 is 2.04 bits per heavy atom. The van der Waals surface area contributed by atoms with E-state index in [0.29, 0.717) is 6.42 Å². The summed E-state index contributed by atoms with van der Waals surface area (Å²) in [4.78, 5) is 15.8. The lowest BCUT2D eigenvalue weighted by atomic mass is 10.1. The number of benzene rings is 1. The highest BCUT2D eigenvalue weighted by atomic mass is 16.1. The van der Waals surface area contributed by atoms with Gasteiger partial charge in [0.2, 0.25) is 5.91 Å². The Labute approximate surface area is 141 Å². The molecular weight excluding hydrogens is 302 g/mol. The van der Waals surface area contributed by atoms with Gasteiger partial charge >= 0.3 is 0 Å². The van der Waals surface area contributed by atoms with Gasteiger partial charge in [0.25, 0.3) is 0 Å². The Bertz CT molecular complexity index is 861. The average molecular weight is 325 g/mol. The molecule has 0 bridgehead atoms. The van der Waals surface area contributed by atoms with Crippen LogP contribution in [0.4, 0.5) is 0 Å². The molecule has 0 radical (unpaired) electrons. The van der Waals surface area contributed by atoms with Crippen LogP contribution in [0.5, 0.6) is 0 Å². The van der Waals surface area contributed by atoms with Crippen molar-refractivity contribution in [3.8, 4) is 0 Å². The highest BCUT2D eigenvalue weighted by Crippen LogP contribution is 2.22. The smallest absolute Gasteiger partial charge is 0.225 e. The van der Waals surface area contributed by atoms with Crippen molar-refractivity contribution >= 4 is 16.8 Å². The molecule has 0 fully saturated rings. The molecule has 0 aliphatic rings. The van der Waals surface area contributed by atoms with Gasteiger partial charge in [-0.2, -0.15) is 0 Å². The minimum absolute atomic E-state index is 0.0198. The van der Waals surface area contributed by atoms with E-state index in [1.807, 2.05) is 42.7 Å². The van der Waals surface area contributed by atoms with Crippen LogP contribution in [0.15, 0.2) is 30.6 Å². The molecule has 0 unspecified atom stereocenters. The van der Waals surface area contributed by atoms with E-state index in [-0.39, 0.29) is 18.0 Å². The number of aromatic nitrogens is 4. The number of fused-ring (bicyclic) bond motifs is 1. The fraction of sp³-hybridized carbons (Fsp3) is 0.389. The lowest BCUT2D eigenvalue weighted by Gasteiger charge is -2.17. The first-order valence-electron chi connectivity index (χ1n) is 8.22. The van der Waals surface area contributed by atoms with Crippen LogP contribution in [0.2, 0.25) is 0 Å². The summed E-state index contributed by atoms with van der Waals surface area (Å²) in [7, 11) is 0. The van der Waals surface area contributed by atoms with Crippen molar-refractivity contribution < 1.29 is 4.79 Å². The molecule has 1 amide bonds. The molecule has 0 aliphatic carbocycles. The Morgan fingerprint density at radius 3 is 2.79 bits per heavy atom. The van der Waals surface area contributed by atoms with E-state index in [1.54, 1.807) is 6.33 Å². The number of nitrogens with one attached hydrogen (secondary N) is 2. The molecule has 2 N–H and O–H groups in total. The van der Waals surface area contributed by atoms with E-state index in [2.05, 4.69) is 34.3 Å². The van der Waals surface area contributed by atoms with Gasteiger partial charge in [0.1, 0.15) is 6.33 Å². The number of aryl methyl sites for hydroxylation is 1. The highest BCUT2D eigenvalue weighted by molar-refractivity contribution is 5.90. The van der Waals surface area contributed by atoms with E-state index in [9.17, 15) is 4.79 Å². The van der Waals surface area contributed by atoms with Gasteiger partial charge in [-0.1, -0.05) is 18.2 Å². The summed E-state index contributed by atoms with van der Waals surface area (Å²) in [5.41, 5.74) is 3.13. The van der Waals surface area contributed by atoms with Crippen molar-refractivity contribution in [1.29, 1.82) is 0 Å². The van der Waals surface area contributed by atoms with Gasteiger partial charge in [0.05, 0.1) is 12.5 Å². The molecule has 24 heavy (non-hydrogen) atoms. The van der Waals surface area contributed by atoms with E-state index in [0.717, 1.165) is 28.0 Å². The highest BCUT2D eigenvalue weighted by Gasteiger charge is 2.18. The molecule has 126 valence electrons. The summed E-state index contributed by atoms with van der Waals surface area (Å²) in [6.07, 6.45) is 2.04. The topological polar surface area (TPSA) is 75.6 Å². The van der Waals surface area contributed by atoms with Crippen LogP contribution in [0.3, 0.4) is 0 Å². The van der Waals surface area contributed by atoms with Gasteiger partial charge in [-0.05, 0) is 39.3 Å². The maximum Gasteiger partial charge on any atom is 0.225 e. The molecule has 2 aromatic heterocycles. The van der Waals surface area contributed by atoms with Gasteiger partial charge < -0.3 is 14.9 Å². The zero-order chi connectivity index (χ0) is 17.3. The van der Waals surface area contributed by atoms with Gasteiger partial charge in [-0.15, -0.1) is 10.2 Å². The van der Waals surface area contributed by atoms with Crippen LogP contribution in [0, 0.1) is 6.92 Å². The van der Waals surface area contributed by atoms with Crippen molar-refractivity contribution in [2.75, 3.05) is 0 Å². The molecule has 0 saturated heterocycles. The number of hydrogen-bond donors (Lipinski definition) is 2. The number of nitrogens with zero attached hydrogens (tertiary/aromatic N) is 3. The lowest BCUT2D eigenvalue weighted by Crippen LogP contribution is -2.30. The van der Waals surface area contributed by atoms with Gasteiger partial charge in [-0.25, -0.2) is 0 Å². The van der Waals surface area contributed by atoms with Gasteiger partial charge in [0.15, 0.2) is 5.82 Å². The van der Waals surface area contributed by atoms with Gasteiger partial charge in [-0.3, -0.25) is 4.79 Å². The quantitative estimate of drug-likeness (QED) is 0.757. The van der Waals surface area contributed by atoms with Crippen LogP contribution in [0.1, 0.15) is 49.9 Å². The number of carbonyl (C=O) groups is 1. The standard InChI is InChI=1S/C18H23N5O/c1-11(2)23-10-19-22-18(23)13(4)21-17(24)9-15-12(3)20-16-8-6-5-7-14(15)16/h5-8,10-11,13,20H,9H2,1-4H3,(H,21,24)/t13-/m1/s1. The number of rotatable bonds is 5. The minimum Gasteiger partial charge on any atom is -0.358 e. The molecule has 0 spiro atoms. The molecule has 2 heterocycles. The Hall–Kier alpha value is -2.63. The van der Waals surface area contributed by atoms with E-state index >= 15 is 0 Å². The second-order valence-electron chi connectivity index (χ2n) is 6.43. The molecule has 1 aromatic carbocycles. The summed E-state index contributed by atoms with van der Waals surface area (Å²) in [6.45, 7) is 8.07. The van der Waals surface area contributed by atoms with Crippen LogP contribution in [-0.4, -0.2) is 25.7 Å². The van der Waals surface area contributed by atoms with Crippen molar-refractivity contribution in [1.82, 2.24) is 25.1 Å². The zero-order valence-electron chi connectivity index (χ0n) is 14.5. The third-order valence-electron chi connectivity index (χ3n) is 4.29. The first-order valence-corrected chi connectivity index (χ1v) is 8.22. The van der Waals surface area contributed by atoms with Crippen molar-refractivity contribution in [2.24, 2.45) is 0 Å². The van der Waals surface area contributed by atoms with Crippen molar-refractivity contribution in [3.63, 3.8) is 0 Å². The second kappa shape index (κ2) is 6.47. The number of H-pyrrole nitrogens is 1. The number of aromatic amines is 1. The number of carbonyl (C=O) groups excluding carboxylic acids is 1. The van der Waals surface area contributed by atoms with E-state index in [1.165, 1.54) is 0 Å². The summed E-state index contributed by atoms with van der Waals surface area (Å²) < 4.78 is 1.97. The number of hydrogen-bond acceptors (Lipinski definition) is 3. The molecule has 6 heteroatoms. The van der Waals surface area contributed by atoms with Crippen molar-refractivity contribution in [3.05, 3.63) is 47.7 Å². The predicted octanol–water partition coefficient (Wildman–Crippen LogP) is 3.07. The molecule has 3 aromatic rings. The third-order valence-corrected chi connectivity index (χ3v) is 4.29.